The maximum Gasteiger partial charge on any atom is 0.270 e. The lowest BCUT2D eigenvalue weighted by Gasteiger charge is -2.15. The molecule has 0 aliphatic carbocycles. The maximum atomic E-state index is 12.7. The first-order valence-electron chi connectivity index (χ1n) is 7.03. The van der Waals surface area contributed by atoms with Crippen molar-refractivity contribution in [3.63, 3.8) is 0 Å². The molecule has 0 radical (unpaired) electrons. The van der Waals surface area contributed by atoms with Crippen molar-refractivity contribution in [1.82, 2.24) is 0 Å². The van der Waals surface area contributed by atoms with Gasteiger partial charge in [-0.05, 0) is 23.8 Å². The fraction of sp³-hybridized carbons (Fsp3) is 0. The minimum atomic E-state index is -0.494. The number of nitro groups is 1. The van der Waals surface area contributed by atoms with Gasteiger partial charge in [-0.3, -0.25) is 19.8 Å². The highest BCUT2D eigenvalue weighted by Gasteiger charge is 2.34. The van der Waals surface area contributed by atoms with Crippen LogP contribution in [0.25, 0.3) is 6.08 Å². The van der Waals surface area contributed by atoms with Crippen LogP contribution in [0.15, 0.2) is 53.4 Å². The molecule has 0 saturated carbocycles. The first kappa shape index (κ1) is 16.8. The monoisotopic (exact) mass is 367 g/mol. The molecule has 1 aliphatic rings. The predicted octanol–water partition coefficient (Wildman–Crippen LogP) is 3.87. The van der Waals surface area contributed by atoms with Crippen molar-refractivity contribution >= 4 is 51.7 Å². The second-order valence-electron chi connectivity index (χ2n) is 5.00. The van der Waals surface area contributed by atoms with Crippen molar-refractivity contribution in [2.75, 3.05) is 4.90 Å². The van der Waals surface area contributed by atoms with Crippen LogP contribution < -0.4 is 4.90 Å². The summed E-state index contributed by atoms with van der Waals surface area (Å²) in [6.45, 7) is 0. The number of nitro benzene ring substituents is 1. The summed E-state index contributed by atoms with van der Waals surface area (Å²) in [5, 5.41) is 20.1. The van der Waals surface area contributed by atoms with Gasteiger partial charge in [-0.15, -0.1) is 0 Å². The lowest BCUT2D eigenvalue weighted by Crippen LogP contribution is -2.28. The SMILES string of the molecule is N#Cc1ccccc1N1C(=O)/C(=C/c2cccc([N+](=O)[O-])c2)SC1=S. The van der Waals surface area contributed by atoms with Crippen molar-refractivity contribution < 1.29 is 9.72 Å². The summed E-state index contributed by atoms with van der Waals surface area (Å²) in [5.74, 6) is -0.357. The van der Waals surface area contributed by atoms with Gasteiger partial charge < -0.3 is 0 Å². The van der Waals surface area contributed by atoms with Gasteiger partial charge in [0, 0.05) is 12.1 Å². The molecule has 3 rings (SSSR count). The maximum absolute atomic E-state index is 12.7. The molecule has 0 N–H and O–H groups in total. The Morgan fingerprint density at radius 2 is 2.00 bits per heavy atom. The smallest absolute Gasteiger partial charge is 0.268 e. The van der Waals surface area contributed by atoms with E-state index in [0.717, 1.165) is 11.8 Å². The molecular formula is C17H9N3O3S2. The molecule has 0 unspecified atom stereocenters. The fourth-order valence-electron chi connectivity index (χ4n) is 2.32. The number of non-ortho nitro benzene ring substituents is 1. The topological polar surface area (TPSA) is 87.2 Å². The van der Waals surface area contributed by atoms with E-state index in [0.29, 0.717) is 26.0 Å². The van der Waals surface area contributed by atoms with Crippen LogP contribution in [-0.4, -0.2) is 15.2 Å². The second-order valence-corrected chi connectivity index (χ2v) is 6.67. The van der Waals surface area contributed by atoms with E-state index in [9.17, 15) is 20.2 Å². The Bertz CT molecular complexity index is 979. The minimum Gasteiger partial charge on any atom is -0.268 e. The number of nitriles is 1. The van der Waals surface area contributed by atoms with Crippen molar-refractivity contribution in [2.24, 2.45) is 0 Å². The van der Waals surface area contributed by atoms with Crippen LogP contribution in [0.1, 0.15) is 11.1 Å². The van der Waals surface area contributed by atoms with Crippen molar-refractivity contribution in [3.8, 4) is 6.07 Å². The predicted molar refractivity (Wildman–Crippen MR) is 99.9 cm³/mol. The first-order chi connectivity index (χ1) is 12.0. The highest BCUT2D eigenvalue weighted by molar-refractivity contribution is 8.27. The highest BCUT2D eigenvalue weighted by Crippen LogP contribution is 2.37. The van der Waals surface area contributed by atoms with E-state index in [4.69, 9.17) is 12.2 Å². The van der Waals surface area contributed by atoms with Crippen molar-refractivity contribution in [2.45, 2.75) is 0 Å². The quantitative estimate of drug-likeness (QED) is 0.354. The van der Waals surface area contributed by atoms with E-state index in [1.165, 1.54) is 17.0 Å². The van der Waals surface area contributed by atoms with Gasteiger partial charge in [0.05, 0.1) is 21.1 Å². The molecule has 0 aromatic heterocycles. The van der Waals surface area contributed by atoms with E-state index in [1.807, 2.05) is 6.07 Å². The van der Waals surface area contributed by atoms with Crippen molar-refractivity contribution in [1.29, 1.82) is 5.26 Å². The number of thiocarbonyl (C=S) groups is 1. The Hall–Kier alpha value is -3.02. The molecule has 1 heterocycles. The number of carbonyl (C=O) groups is 1. The first-order valence-corrected chi connectivity index (χ1v) is 8.25. The zero-order valence-corrected chi connectivity index (χ0v) is 14.2. The molecule has 2 aromatic rings. The lowest BCUT2D eigenvalue weighted by molar-refractivity contribution is -0.384. The Morgan fingerprint density at radius 1 is 1.24 bits per heavy atom. The third-order valence-corrected chi connectivity index (χ3v) is 4.74. The molecule has 1 aliphatic heterocycles. The van der Waals surface area contributed by atoms with E-state index in [2.05, 4.69) is 0 Å². The van der Waals surface area contributed by atoms with E-state index in [-0.39, 0.29) is 11.6 Å². The van der Waals surface area contributed by atoms with Gasteiger partial charge in [-0.2, -0.15) is 5.26 Å². The van der Waals surface area contributed by atoms with Crippen LogP contribution in [0, 0.1) is 21.4 Å². The van der Waals surface area contributed by atoms with Gasteiger partial charge in [0.15, 0.2) is 4.32 Å². The summed E-state index contributed by atoms with van der Waals surface area (Å²) >= 11 is 6.37. The third kappa shape index (κ3) is 3.28. The van der Waals surface area contributed by atoms with Gasteiger partial charge >= 0.3 is 0 Å². The molecule has 0 bridgehead atoms. The van der Waals surface area contributed by atoms with Crippen LogP contribution in [0.4, 0.5) is 11.4 Å². The number of carbonyl (C=O) groups excluding carboxylic acids is 1. The van der Waals surface area contributed by atoms with E-state index in [1.54, 1.807) is 42.5 Å². The van der Waals surface area contributed by atoms with Crippen LogP contribution >= 0.6 is 24.0 Å². The van der Waals surface area contributed by atoms with Gasteiger partial charge in [0.1, 0.15) is 6.07 Å². The molecule has 122 valence electrons. The van der Waals surface area contributed by atoms with Crippen LogP contribution in [0.2, 0.25) is 0 Å². The summed E-state index contributed by atoms with van der Waals surface area (Å²) in [6.07, 6.45) is 1.56. The van der Waals surface area contributed by atoms with Crippen LogP contribution in [0.3, 0.4) is 0 Å². The molecule has 0 atom stereocenters. The molecule has 8 heteroatoms. The number of nitrogens with zero attached hydrogens (tertiary/aromatic N) is 3. The third-order valence-electron chi connectivity index (χ3n) is 3.44. The van der Waals surface area contributed by atoms with Crippen molar-refractivity contribution in [3.05, 3.63) is 74.7 Å². The summed E-state index contributed by atoms with van der Waals surface area (Å²) in [5.41, 5.74) is 1.24. The van der Waals surface area contributed by atoms with Gasteiger partial charge in [0.25, 0.3) is 11.6 Å². The van der Waals surface area contributed by atoms with Gasteiger partial charge in [-0.25, -0.2) is 0 Å². The summed E-state index contributed by atoms with van der Waals surface area (Å²) in [7, 11) is 0. The Kier molecular flexibility index (Phi) is 4.61. The Morgan fingerprint density at radius 3 is 2.72 bits per heavy atom. The summed E-state index contributed by atoms with van der Waals surface area (Å²) in [4.78, 5) is 24.7. The zero-order valence-electron chi connectivity index (χ0n) is 12.6. The fourth-order valence-corrected chi connectivity index (χ4v) is 3.60. The standard InChI is InChI=1S/C17H9N3O3S2/c18-10-12-5-1-2-7-14(12)19-16(21)15(25-17(19)24)9-11-4-3-6-13(8-11)20(22)23/h1-9H/b15-9-. The van der Waals surface area contributed by atoms with Gasteiger partial charge in [0.2, 0.25) is 0 Å². The molecule has 2 aromatic carbocycles. The molecule has 25 heavy (non-hydrogen) atoms. The average molecular weight is 367 g/mol. The lowest BCUT2D eigenvalue weighted by atomic mass is 10.1. The Balaban J connectivity index is 1.98. The average Bonchev–Trinajstić information content (AvgIpc) is 2.88. The van der Waals surface area contributed by atoms with Crippen LogP contribution in [0.5, 0.6) is 0 Å². The van der Waals surface area contributed by atoms with Gasteiger partial charge in [-0.1, -0.05) is 48.2 Å². The number of rotatable bonds is 3. The number of anilines is 1. The highest BCUT2D eigenvalue weighted by atomic mass is 32.2. The molecule has 0 spiro atoms. The molecular weight excluding hydrogens is 358 g/mol. The minimum absolute atomic E-state index is 0.0564. The summed E-state index contributed by atoms with van der Waals surface area (Å²) < 4.78 is 0.310. The number of benzene rings is 2. The molecule has 6 nitrogen and oxygen atoms in total. The van der Waals surface area contributed by atoms with Crippen LogP contribution in [-0.2, 0) is 4.79 Å². The second kappa shape index (κ2) is 6.84. The molecule has 1 amide bonds. The molecule has 1 saturated heterocycles. The van der Waals surface area contributed by atoms with E-state index < -0.39 is 4.92 Å². The largest absolute Gasteiger partial charge is 0.270 e. The number of amides is 1. The number of hydrogen-bond acceptors (Lipinski definition) is 6. The molecule has 1 fully saturated rings. The number of thioether (sulfide) groups is 1. The number of hydrogen-bond donors (Lipinski definition) is 0. The Labute approximate surface area is 152 Å². The summed E-state index contributed by atoms with van der Waals surface area (Å²) in [6, 6.07) is 14.7. The van der Waals surface area contributed by atoms with E-state index >= 15 is 0 Å². The number of para-hydroxylation sites is 1. The zero-order chi connectivity index (χ0) is 18.0. The normalized spacial score (nSPS) is 15.5.